The number of hydrogen-bond donors (Lipinski definition) is 2. The Bertz CT molecular complexity index is 193. The van der Waals surface area contributed by atoms with Crippen molar-refractivity contribution in [3.63, 3.8) is 0 Å². The molecule has 0 aromatic rings. The molecule has 0 aliphatic carbocycles. The number of aliphatic hydroxyl groups is 1. The first-order chi connectivity index (χ1) is 7.25. The lowest BCUT2D eigenvalue weighted by molar-refractivity contribution is -0.214. The summed E-state index contributed by atoms with van der Waals surface area (Å²) in [6.07, 6.45) is -5.01. The predicted octanol–water partition coefficient (Wildman–Crippen LogP) is 1.70. The van der Waals surface area contributed by atoms with Crippen molar-refractivity contribution in [2.75, 3.05) is 20.3 Å². The number of likely N-dealkylation sites (N-methyl/N-ethyl adjacent to an activating group) is 1. The fourth-order valence-electron chi connectivity index (χ4n) is 1.10. The molecule has 0 aliphatic rings. The molecule has 0 rings (SSSR count). The summed E-state index contributed by atoms with van der Waals surface area (Å²) in [5.74, 6) is 0. The Morgan fingerprint density at radius 2 is 1.94 bits per heavy atom. The number of rotatable bonds is 7. The van der Waals surface area contributed by atoms with Gasteiger partial charge in [-0.25, -0.2) is 0 Å². The predicted molar refractivity (Wildman–Crippen MR) is 55.3 cm³/mol. The summed E-state index contributed by atoms with van der Waals surface area (Å²) in [5.41, 5.74) is -0.454. The Kier molecular flexibility index (Phi) is 6.28. The van der Waals surface area contributed by atoms with Gasteiger partial charge < -0.3 is 15.2 Å². The summed E-state index contributed by atoms with van der Waals surface area (Å²) < 4.78 is 40.9. The summed E-state index contributed by atoms with van der Waals surface area (Å²) in [5, 5.41) is 12.0. The van der Waals surface area contributed by atoms with E-state index in [4.69, 9.17) is 5.11 Å². The van der Waals surface area contributed by atoms with Crippen molar-refractivity contribution >= 4 is 0 Å². The fourth-order valence-corrected chi connectivity index (χ4v) is 1.10. The van der Waals surface area contributed by atoms with E-state index in [1.165, 1.54) is 0 Å². The van der Waals surface area contributed by atoms with Crippen molar-refractivity contribution in [3.05, 3.63) is 0 Å². The molecule has 2 unspecified atom stereocenters. The third-order valence-electron chi connectivity index (χ3n) is 2.65. The van der Waals surface area contributed by atoms with Crippen molar-refractivity contribution in [1.82, 2.24) is 5.32 Å². The highest BCUT2D eigenvalue weighted by atomic mass is 19.4. The van der Waals surface area contributed by atoms with Gasteiger partial charge in [0.2, 0.25) is 0 Å². The van der Waals surface area contributed by atoms with E-state index in [2.05, 4.69) is 10.1 Å². The summed E-state index contributed by atoms with van der Waals surface area (Å²) >= 11 is 0. The molecule has 0 aromatic heterocycles. The van der Waals surface area contributed by atoms with E-state index in [1.54, 1.807) is 14.0 Å². The minimum atomic E-state index is -4.30. The van der Waals surface area contributed by atoms with Crippen LogP contribution in [-0.4, -0.2) is 43.2 Å². The molecule has 0 saturated heterocycles. The first kappa shape index (κ1) is 15.7. The Balaban J connectivity index is 3.76. The third kappa shape index (κ3) is 5.67. The molecule has 0 amide bonds. The molecule has 0 bridgehead atoms. The van der Waals surface area contributed by atoms with E-state index in [-0.39, 0.29) is 13.2 Å². The maximum absolute atomic E-state index is 12.1. The van der Waals surface area contributed by atoms with Crippen LogP contribution in [-0.2, 0) is 4.74 Å². The second kappa shape index (κ2) is 6.42. The molecule has 3 nitrogen and oxygen atoms in total. The van der Waals surface area contributed by atoms with Crippen LogP contribution in [0.2, 0.25) is 0 Å². The van der Waals surface area contributed by atoms with E-state index >= 15 is 0 Å². The molecule has 0 aromatic carbocycles. The van der Waals surface area contributed by atoms with Crippen LogP contribution in [0.1, 0.15) is 26.7 Å². The monoisotopic (exact) mass is 243 g/mol. The van der Waals surface area contributed by atoms with Gasteiger partial charge in [0.05, 0.1) is 6.61 Å². The minimum absolute atomic E-state index is 0.0396. The molecule has 2 N–H and O–H groups in total. The average Bonchev–Trinajstić information content (AvgIpc) is 2.22. The summed E-state index contributed by atoms with van der Waals surface area (Å²) in [7, 11) is 1.70. The van der Waals surface area contributed by atoms with Gasteiger partial charge in [-0.1, -0.05) is 0 Å². The van der Waals surface area contributed by atoms with Crippen LogP contribution in [0.25, 0.3) is 0 Å². The molecule has 0 aliphatic heterocycles. The second-order valence-corrected chi connectivity index (χ2v) is 4.13. The van der Waals surface area contributed by atoms with Crippen LogP contribution in [0.15, 0.2) is 0 Å². The minimum Gasteiger partial charge on any atom is -0.394 e. The average molecular weight is 243 g/mol. The van der Waals surface area contributed by atoms with E-state index in [9.17, 15) is 13.2 Å². The summed E-state index contributed by atoms with van der Waals surface area (Å²) in [6.45, 7) is 2.78. The topological polar surface area (TPSA) is 41.5 Å². The summed E-state index contributed by atoms with van der Waals surface area (Å²) in [4.78, 5) is 0. The first-order valence-electron chi connectivity index (χ1n) is 5.23. The lowest BCUT2D eigenvalue weighted by Gasteiger charge is -2.27. The second-order valence-electron chi connectivity index (χ2n) is 4.13. The lowest BCUT2D eigenvalue weighted by atomic mass is 9.97. The van der Waals surface area contributed by atoms with Crippen molar-refractivity contribution < 1.29 is 23.0 Å². The van der Waals surface area contributed by atoms with Gasteiger partial charge in [-0.05, 0) is 33.7 Å². The van der Waals surface area contributed by atoms with Crippen molar-refractivity contribution in [2.45, 2.75) is 44.5 Å². The highest BCUT2D eigenvalue weighted by Crippen LogP contribution is 2.22. The molecule has 0 heterocycles. The number of nitrogens with one attached hydrogen (secondary N) is 1. The standard InChI is InChI=1S/C10H20F3NO2/c1-8(10(11,12)13)16-6-4-5-9(2,7-15)14-3/h8,14-15H,4-7H2,1-3H3. The van der Waals surface area contributed by atoms with E-state index in [1.807, 2.05) is 0 Å². The van der Waals surface area contributed by atoms with Crippen LogP contribution in [0.3, 0.4) is 0 Å². The first-order valence-corrected chi connectivity index (χ1v) is 5.23. The van der Waals surface area contributed by atoms with Crippen LogP contribution >= 0.6 is 0 Å². The Hall–Kier alpha value is -0.330. The van der Waals surface area contributed by atoms with E-state index in [0.29, 0.717) is 12.8 Å². The zero-order chi connectivity index (χ0) is 12.8. The SMILES string of the molecule is CNC(C)(CO)CCCOC(C)C(F)(F)F. The van der Waals surface area contributed by atoms with Gasteiger partial charge in [0.15, 0.2) is 6.10 Å². The Morgan fingerprint density at radius 1 is 1.38 bits per heavy atom. The van der Waals surface area contributed by atoms with Crippen molar-refractivity contribution in [1.29, 1.82) is 0 Å². The Labute approximate surface area is 94.0 Å². The van der Waals surface area contributed by atoms with Crippen molar-refractivity contribution in [3.8, 4) is 0 Å². The van der Waals surface area contributed by atoms with E-state index < -0.39 is 17.8 Å². The number of ether oxygens (including phenoxy) is 1. The van der Waals surface area contributed by atoms with Gasteiger partial charge >= 0.3 is 6.18 Å². The van der Waals surface area contributed by atoms with Crippen molar-refractivity contribution in [2.24, 2.45) is 0 Å². The van der Waals surface area contributed by atoms with Crippen LogP contribution in [0, 0.1) is 0 Å². The Morgan fingerprint density at radius 3 is 2.31 bits per heavy atom. The highest BCUT2D eigenvalue weighted by Gasteiger charge is 2.36. The number of hydrogen-bond acceptors (Lipinski definition) is 3. The largest absolute Gasteiger partial charge is 0.414 e. The molecule has 0 fully saturated rings. The molecule has 0 radical (unpaired) electrons. The normalized spacial score (nSPS) is 18.2. The molecule has 16 heavy (non-hydrogen) atoms. The van der Waals surface area contributed by atoms with Gasteiger partial charge in [-0.15, -0.1) is 0 Å². The molecular weight excluding hydrogens is 223 g/mol. The molecule has 98 valence electrons. The maximum atomic E-state index is 12.1. The zero-order valence-corrected chi connectivity index (χ0v) is 9.90. The van der Waals surface area contributed by atoms with Gasteiger partial charge in [0, 0.05) is 12.1 Å². The maximum Gasteiger partial charge on any atom is 0.414 e. The van der Waals surface area contributed by atoms with Gasteiger partial charge in [-0.2, -0.15) is 13.2 Å². The zero-order valence-electron chi connectivity index (χ0n) is 9.90. The molecular formula is C10H20F3NO2. The van der Waals surface area contributed by atoms with E-state index in [0.717, 1.165) is 6.92 Å². The lowest BCUT2D eigenvalue weighted by Crippen LogP contribution is -2.43. The van der Waals surface area contributed by atoms with Gasteiger partial charge in [0.25, 0.3) is 0 Å². The quantitative estimate of drug-likeness (QED) is 0.669. The number of halogens is 3. The van der Waals surface area contributed by atoms with Crippen LogP contribution < -0.4 is 5.32 Å². The van der Waals surface area contributed by atoms with Crippen LogP contribution in [0.4, 0.5) is 13.2 Å². The number of alkyl halides is 3. The highest BCUT2D eigenvalue weighted by molar-refractivity contribution is 4.80. The molecule has 6 heteroatoms. The van der Waals surface area contributed by atoms with Gasteiger partial charge in [0.1, 0.15) is 0 Å². The van der Waals surface area contributed by atoms with Gasteiger partial charge in [-0.3, -0.25) is 0 Å². The molecule has 0 saturated carbocycles. The fraction of sp³-hybridized carbons (Fsp3) is 1.00. The summed E-state index contributed by atoms with van der Waals surface area (Å²) in [6, 6.07) is 0. The third-order valence-corrected chi connectivity index (χ3v) is 2.65. The molecule has 2 atom stereocenters. The van der Waals surface area contributed by atoms with Crippen LogP contribution in [0.5, 0.6) is 0 Å². The number of aliphatic hydroxyl groups excluding tert-OH is 1. The smallest absolute Gasteiger partial charge is 0.394 e. The molecule has 0 spiro atoms.